The first-order chi connectivity index (χ1) is 9.20. The molecular formula is C13H15BrClNO3S. The molecule has 1 heterocycles. The number of nitrogens with zero attached hydrogens (tertiary/aromatic N) is 1. The van der Waals surface area contributed by atoms with Crippen LogP contribution in [0, 0.1) is 12.8 Å². The van der Waals surface area contributed by atoms with E-state index in [2.05, 4.69) is 22.9 Å². The number of hydrogen-bond acceptors (Lipinski definition) is 3. The zero-order chi connectivity index (χ0) is 15.1. The molecule has 0 spiro atoms. The number of rotatable bonds is 2. The summed E-state index contributed by atoms with van der Waals surface area (Å²) < 4.78 is 23.5. The van der Waals surface area contributed by atoms with Crippen molar-refractivity contribution in [3.8, 4) is 0 Å². The van der Waals surface area contributed by atoms with Crippen LogP contribution in [0.4, 0.5) is 0 Å². The van der Waals surface area contributed by atoms with Crippen molar-refractivity contribution < 1.29 is 13.2 Å². The maximum atomic E-state index is 12.5. The Bertz CT molecular complexity index is 660. The van der Waals surface area contributed by atoms with Crippen LogP contribution in [-0.2, 0) is 9.05 Å². The standard InChI is InChI=1S/C13H15BrClNO3S/c1-8-3-4-16(7-8)13(17)11-5-10(20(15,18)19)6-12(14)9(11)2/h5-6,8H,3-4,7H2,1-2H3. The highest BCUT2D eigenvalue weighted by Gasteiger charge is 2.27. The van der Waals surface area contributed by atoms with Crippen molar-refractivity contribution >= 4 is 41.6 Å². The first-order valence-corrected chi connectivity index (χ1v) is 9.34. The van der Waals surface area contributed by atoms with Crippen LogP contribution in [0.2, 0.25) is 0 Å². The van der Waals surface area contributed by atoms with Gasteiger partial charge < -0.3 is 4.90 Å². The molecule has 1 aliphatic heterocycles. The summed E-state index contributed by atoms with van der Waals surface area (Å²) in [4.78, 5) is 14.2. The third-order valence-electron chi connectivity index (χ3n) is 3.54. The molecule has 1 aromatic carbocycles. The Labute approximate surface area is 131 Å². The quantitative estimate of drug-likeness (QED) is 0.741. The van der Waals surface area contributed by atoms with Crippen molar-refractivity contribution in [3.05, 3.63) is 27.7 Å². The molecule has 0 bridgehead atoms. The summed E-state index contributed by atoms with van der Waals surface area (Å²) in [5.74, 6) is 0.331. The summed E-state index contributed by atoms with van der Waals surface area (Å²) in [6, 6.07) is 2.77. The fourth-order valence-electron chi connectivity index (χ4n) is 2.31. The Hall–Kier alpha value is -0.590. The average molecular weight is 381 g/mol. The SMILES string of the molecule is Cc1c(Br)cc(S(=O)(=O)Cl)cc1C(=O)N1CCC(C)C1. The van der Waals surface area contributed by atoms with Gasteiger partial charge in [0, 0.05) is 33.8 Å². The van der Waals surface area contributed by atoms with Gasteiger partial charge in [0.15, 0.2) is 0 Å². The highest BCUT2D eigenvalue weighted by Crippen LogP contribution is 2.28. The van der Waals surface area contributed by atoms with Gasteiger partial charge in [-0.15, -0.1) is 0 Å². The molecule has 0 aliphatic carbocycles. The molecule has 1 fully saturated rings. The Balaban J connectivity index is 2.45. The number of amides is 1. The van der Waals surface area contributed by atoms with E-state index in [4.69, 9.17) is 10.7 Å². The predicted molar refractivity (Wildman–Crippen MR) is 81.6 cm³/mol. The van der Waals surface area contributed by atoms with E-state index in [1.54, 1.807) is 11.8 Å². The molecule has 1 unspecified atom stereocenters. The van der Waals surface area contributed by atoms with Crippen molar-refractivity contribution in [3.63, 3.8) is 0 Å². The first-order valence-electron chi connectivity index (χ1n) is 6.24. The van der Waals surface area contributed by atoms with E-state index in [1.165, 1.54) is 12.1 Å². The smallest absolute Gasteiger partial charge is 0.261 e. The second-order valence-corrected chi connectivity index (χ2v) is 8.58. The van der Waals surface area contributed by atoms with Crippen LogP contribution >= 0.6 is 26.6 Å². The zero-order valence-corrected chi connectivity index (χ0v) is 14.3. The van der Waals surface area contributed by atoms with E-state index in [1.807, 2.05) is 0 Å². The molecule has 2 rings (SSSR count). The molecule has 0 N–H and O–H groups in total. The lowest BCUT2D eigenvalue weighted by Crippen LogP contribution is -2.29. The number of halogens is 2. The molecule has 1 aliphatic rings. The molecule has 1 atom stereocenters. The Morgan fingerprint density at radius 1 is 1.45 bits per heavy atom. The number of carbonyl (C=O) groups is 1. The van der Waals surface area contributed by atoms with Gasteiger partial charge in [-0.2, -0.15) is 0 Å². The summed E-state index contributed by atoms with van der Waals surface area (Å²) in [7, 11) is 1.51. The third-order valence-corrected chi connectivity index (χ3v) is 5.70. The normalized spacial score (nSPS) is 19.4. The van der Waals surface area contributed by atoms with Gasteiger partial charge in [-0.3, -0.25) is 4.79 Å². The first kappa shape index (κ1) is 15.8. The van der Waals surface area contributed by atoms with E-state index in [-0.39, 0.29) is 10.8 Å². The van der Waals surface area contributed by atoms with E-state index in [9.17, 15) is 13.2 Å². The summed E-state index contributed by atoms with van der Waals surface area (Å²) >= 11 is 3.28. The summed E-state index contributed by atoms with van der Waals surface area (Å²) in [5.41, 5.74) is 1.10. The highest BCUT2D eigenvalue weighted by molar-refractivity contribution is 9.10. The maximum Gasteiger partial charge on any atom is 0.261 e. The Morgan fingerprint density at radius 2 is 2.10 bits per heavy atom. The molecular weight excluding hydrogens is 366 g/mol. The van der Waals surface area contributed by atoms with Crippen LogP contribution in [-0.4, -0.2) is 32.3 Å². The topological polar surface area (TPSA) is 54.5 Å². The monoisotopic (exact) mass is 379 g/mol. The molecule has 1 saturated heterocycles. The van der Waals surface area contributed by atoms with E-state index >= 15 is 0 Å². The Morgan fingerprint density at radius 3 is 2.60 bits per heavy atom. The second-order valence-electron chi connectivity index (χ2n) is 5.16. The van der Waals surface area contributed by atoms with Crippen LogP contribution in [0.15, 0.2) is 21.5 Å². The molecule has 0 saturated carbocycles. The van der Waals surface area contributed by atoms with Gasteiger partial charge in [-0.25, -0.2) is 8.42 Å². The van der Waals surface area contributed by atoms with Crippen molar-refractivity contribution in [1.82, 2.24) is 4.90 Å². The summed E-state index contributed by atoms with van der Waals surface area (Å²) in [5, 5.41) is 0. The lowest BCUT2D eigenvalue weighted by atomic mass is 10.1. The molecule has 0 aromatic heterocycles. The molecule has 20 heavy (non-hydrogen) atoms. The van der Waals surface area contributed by atoms with Crippen molar-refractivity contribution in [1.29, 1.82) is 0 Å². The molecule has 1 amide bonds. The van der Waals surface area contributed by atoms with Crippen molar-refractivity contribution in [2.24, 2.45) is 5.92 Å². The summed E-state index contributed by atoms with van der Waals surface area (Å²) in [6.07, 6.45) is 0.972. The molecule has 110 valence electrons. The highest BCUT2D eigenvalue weighted by atomic mass is 79.9. The molecule has 0 radical (unpaired) electrons. The molecule has 4 nitrogen and oxygen atoms in total. The van der Waals surface area contributed by atoms with E-state index in [0.29, 0.717) is 29.0 Å². The molecule has 7 heteroatoms. The largest absolute Gasteiger partial charge is 0.338 e. The van der Waals surface area contributed by atoms with Gasteiger partial charge >= 0.3 is 0 Å². The van der Waals surface area contributed by atoms with Crippen molar-refractivity contribution in [2.75, 3.05) is 13.1 Å². The minimum Gasteiger partial charge on any atom is -0.338 e. The average Bonchev–Trinajstić information content (AvgIpc) is 2.77. The third kappa shape index (κ3) is 3.18. The number of likely N-dealkylation sites (tertiary alicyclic amines) is 1. The Kier molecular flexibility index (Phi) is 4.47. The predicted octanol–water partition coefficient (Wildman–Crippen LogP) is 3.17. The fourth-order valence-corrected chi connectivity index (χ4v) is 3.70. The fraction of sp³-hybridized carbons (Fsp3) is 0.462. The van der Waals surface area contributed by atoms with Crippen LogP contribution in [0.25, 0.3) is 0 Å². The van der Waals surface area contributed by atoms with Gasteiger partial charge in [0.05, 0.1) is 4.90 Å². The minimum atomic E-state index is -3.86. The van der Waals surface area contributed by atoms with Gasteiger partial charge in [0.25, 0.3) is 15.0 Å². The zero-order valence-electron chi connectivity index (χ0n) is 11.2. The van der Waals surface area contributed by atoms with Gasteiger partial charge in [-0.05, 0) is 37.0 Å². The van der Waals surface area contributed by atoms with Gasteiger partial charge in [0.1, 0.15) is 0 Å². The van der Waals surface area contributed by atoms with Gasteiger partial charge in [0.2, 0.25) is 0 Å². The van der Waals surface area contributed by atoms with Crippen LogP contribution in [0.5, 0.6) is 0 Å². The molecule has 1 aromatic rings. The lowest BCUT2D eigenvalue weighted by molar-refractivity contribution is 0.0787. The number of hydrogen-bond donors (Lipinski definition) is 0. The van der Waals surface area contributed by atoms with E-state index < -0.39 is 9.05 Å². The second kappa shape index (κ2) is 5.66. The van der Waals surface area contributed by atoms with Crippen LogP contribution in [0.3, 0.4) is 0 Å². The van der Waals surface area contributed by atoms with E-state index in [0.717, 1.165) is 12.0 Å². The van der Waals surface area contributed by atoms with Crippen LogP contribution in [0.1, 0.15) is 29.3 Å². The summed E-state index contributed by atoms with van der Waals surface area (Å²) in [6.45, 7) is 5.28. The van der Waals surface area contributed by atoms with Gasteiger partial charge in [-0.1, -0.05) is 22.9 Å². The van der Waals surface area contributed by atoms with Crippen molar-refractivity contribution in [2.45, 2.75) is 25.2 Å². The number of benzene rings is 1. The lowest BCUT2D eigenvalue weighted by Gasteiger charge is -2.18. The number of carbonyl (C=O) groups excluding carboxylic acids is 1. The minimum absolute atomic E-state index is 0.0627. The maximum absolute atomic E-state index is 12.5. The van der Waals surface area contributed by atoms with Crippen LogP contribution < -0.4 is 0 Å².